The molecule has 0 heterocycles. The molecule has 0 aliphatic heterocycles. The minimum atomic E-state index is -0.746. The molecular formula is C14H21NO3. The predicted octanol–water partition coefficient (Wildman–Crippen LogP) is 2.20. The van der Waals surface area contributed by atoms with E-state index >= 15 is 0 Å². The Balaban J connectivity index is 2.40. The normalized spacial score (nSPS) is 12.2. The van der Waals surface area contributed by atoms with E-state index in [0.29, 0.717) is 6.54 Å². The molecule has 0 bridgehead atoms. The van der Waals surface area contributed by atoms with Gasteiger partial charge in [0.05, 0.1) is 7.11 Å². The summed E-state index contributed by atoms with van der Waals surface area (Å²) in [5.74, 6) is 0.282. The summed E-state index contributed by atoms with van der Waals surface area (Å²) < 4.78 is 5.20. The molecule has 0 spiro atoms. The van der Waals surface area contributed by atoms with Crippen molar-refractivity contribution in [1.29, 1.82) is 0 Å². The number of carboxylic acid groups (broad SMARTS) is 1. The summed E-state index contributed by atoms with van der Waals surface area (Å²) in [6, 6.07) is 6.04. The topological polar surface area (TPSA) is 58.6 Å². The number of rotatable bonds is 7. The zero-order valence-electron chi connectivity index (χ0n) is 11.2. The first kappa shape index (κ1) is 14.5. The number of benzene rings is 1. The number of carbonyl (C=O) groups is 1. The van der Waals surface area contributed by atoms with E-state index in [4.69, 9.17) is 9.84 Å². The second kappa shape index (κ2) is 7.01. The Morgan fingerprint density at radius 1 is 1.50 bits per heavy atom. The molecule has 0 aromatic heterocycles. The van der Waals surface area contributed by atoms with Gasteiger partial charge in [0.15, 0.2) is 0 Å². The summed E-state index contributed by atoms with van der Waals surface area (Å²) in [7, 11) is 1.66. The molecule has 1 atom stereocenters. The molecule has 0 saturated carbocycles. The van der Waals surface area contributed by atoms with Crippen molar-refractivity contribution in [3.63, 3.8) is 0 Å². The number of hydrogen-bond acceptors (Lipinski definition) is 3. The van der Waals surface area contributed by atoms with Crippen LogP contribution in [0, 0.1) is 12.8 Å². The molecular weight excluding hydrogens is 230 g/mol. The summed E-state index contributed by atoms with van der Waals surface area (Å²) in [4.78, 5) is 10.5. The van der Waals surface area contributed by atoms with Gasteiger partial charge in [-0.25, -0.2) is 0 Å². The minimum Gasteiger partial charge on any atom is -0.496 e. The third-order valence-electron chi connectivity index (χ3n) is 2.80. The SMILES string of the molecule is COc1ccc(CNCC(C)CC(=O)O)cc1C. The van der Waals surface area contributed by atoms with Crippen LogP contribution in [0.2, 0.25) is 0 Å². The van der Waals surface area contributed by atoms with E-state index in [1.165, 1.54) is 5.56 Å². The van der Waals surface area contributed by atoms with Gasteiger partial charge in [-0.15, -0.1) is 0 Å². The van der Waals surface area contributed by atoms with E-state index in [1.54, 1.807) is 7.11 Å². The number of aliphatic carboxylic acids is 1. The Labute approximate surface area is 108 Å². The summed E-state index contributed by atoms with van der Waals surface area (Å²) in [5, 5.41) is 11.9. The Morgan fingerprint density at radius 3 is 2.78 bits per heavy atom. The molecule has 1 aromatic carbocycles. The first-order valence-electron chi connectivity index (χ1n) is 6.09. The van der Waals surface area contributed by atoms with Gasteiger partial charge in [-0.2, -0.15) is 0 Å². The molecule has 4 nitrogen and oxygen atoms in total. The maximum Gasteiger partial charge on any atom is 0.303 e. The number of carboxylic acids is 1. The lowest BCUT2D eigenvalue weighted by atomic mass is 10.1. The number of hydrogen-bond donors (Lipinski definition) is 2. The zero-order valence-corrected chi connectivity index (χ0v) is 11.2. The van der Waals surface area contributed by atoms with Crippen molar-refractivity contribution in [3.05, 3.63) is 29.3 Å². The minimum absolute atomic E-state index is 0.141. The molecule has 0 saturated heterocycles. The molecule has 0 aliphatic rings. The smallest absolute Gasteiger partial charge is 0.303 e. The lowest BCUT2D eigenvalue weighted by Crippen LogP contribution is -2.22. The molecule has 100 valence electrons. The van der Waals surface area contributed by atoms with Crippen LogP contribution >= 0.6 is 0 Å². The van der Waals surface area contributed by atoms with Gasteiger partial charge in [0.1, 0.15) is 5.75 Å². The standard InChI is InChI=1S/C14H21NO3/c1-10(6-14(16)17)8-15-9-12-4-5-13(18-3)11(2)7-12/h4-5,7,10,15H,6,8-9H2,1-3H3,(H,16,17). The van der Waals surface area contributed by atoms with Crippen molar-refractivity contribution >= 4 is 5.97 Å². The molecule has 0 radical (unpaired) electrons. The second-order valence-corrected chi connectivity index (χ2v) is 4.64. The Kier molecular flexibility index (Phi) is 5.65. The summed E-state index contributed by atoms with van der Waals surface area (Å²) in [6.07, 6.45) is 0.203. The Morgan fingerprint density at radius 2 is 2.22 bits per heavy atom. The molecule has 0 amide bonds. The third kappa shape index (κ3) is 4.75. The fraction of sp³-hybridized carbons (Fsp3) is 0.500. The van der Waals surface area contributed by atoms with Crippen molar-refractivity contribution in [2.75, 3.05) is 13.7 Å². The number of nitrogens with one attached hydrogen (secondary N) is 1. The average molecular weight is 251 g/mol. The summed E-state index contributed by atoms with van der Waals surface area (Å²) >= 11 is 0. The van der Waals surface area contributed by atoms with Crippen LogP contribution in [-0.2, 0) is 11.3 Å². The fourth-order valence-corrected chi connectivity index (χ4v) is 1.88. The fourth-order valence-electron chi connectivity index (χ4n) is 1.88. The van der Waals surface area contributed by atoms with Gasteiger partial charge in [0.25, 0.3) is 0 Å². The van der Waals surface area contributed by atoms with Gasteiger partial charge >= 0.3 is 5.97 Å². The van der Waals surface area contributed by atoms with Crippen LogP contribution in [0.3, 0.4) is 0 Å². The van der Waals surface area contributed by atoms with Crippen LogP contribution < -0.4 is 10.1 Å². The highest BCUT2D eigenvalue weighted by Crippen LogP contribution is 2.18. The van der Waals surface area contributed by atoms with Crippen molar-refractivity contribution < 1.29 is 14.6 Å². The van der Waals surface area contributed by atoms with Crippen LogP contribution in [0.1, 0.15) is 24.5 Å². The molecule has 1 unspecified atom stereocenters. The van der Waals surface area contributed by atoms with E-state index in [-0.39, 0.29) is 12.3 Å². The van der Waals surface area contributed by atoms with Gasteiger partial charge in [-0.3, -0.25) is 4.79 Å². The van der Waals surface area contributed by atoms with Gasteiger partial charge in [-0.1, -0.05) is 19.1 Å². The third-order valence-corrected chi connectivity index (χ3v) is 2.80. The second-order valence-electron chi connectivity index (χ2n) is 4.64. The molecule has 1 aromatic rings. The van der Waals surface area contributed by atoms with Crippen molar-refractivity contribution in [2.45, 2.75) is 26.8 Å². The van der Waals surface area contributed by atoms with Gasteiger partial charge < -0.3 is 15.2 Å². The van der Waals surface area contributed by atoms with E-state index in [2.05, 4.69) is 11.4 Å². The first-order valence-corrected chi connectivity index (χ1v) is 6.09. The summed E-state index contributed by atoms with van der Waals surface area (Å²) in [5.41, 5.74) is 2.28. The Hall–Kier alpha value is -1.55. The molecule has 0 aliphatic carbocycles. The first-order chi connectivity index (χ1) is 8.52. The lowest BCUT2D eigenvalue weighted by molar-refractivity contribution is -0.137. The largest absolute Gasteiger partial charge is 0.496 e. The molecule has 4 heteroatoms. The summed E-state index contributed by atoms with van der Waals surface area (Å²) in [6.45, 7) is 5.39. The maximum absolute atomic E-state index is 10.5. The number of methoxy groups -OCH3 is 1. The highest BCUT2D eigenvalue weighted by Gasteiger charge is 2.07. The lowest BCUT2D eigenvalue weighted by Gasteiger charge is -2.11. The van der Waals surface area contributed by atoms with Crippen LogP contribution in [0.15, 0.2) is 18.2 Å². The molecule has 1 rings (SSSR count). The van der Waals surface area contributed by atoms with Crippen molar-refractivity contribution in [1.82, 2.24) is 5.32 Å². The van der Waals surface area contributed by atoms with E-state index in [0.717, 1.165) is 17.9 Å². The monoisotopic (exact) mass is 251 g/mol. The predicted molar refractivity (Wildman–Crippen MR) is 70.9 cm³/mol. The van der Waals surface area contributed by atoms with Crippen LogP contribution in [0.5, 0.6) is 5.75 Å². The average Bonchev–Trinajstić information content (AvgIpc) is 2.28. The molecule has 0 fully saturated rings. The van der Waals surface area contributed by atoms with Crippen LogP contribution in [-0.4, -0.2) is 24.7 Å². The number of aryl methyl sites for hydroxylation is 1. The molecule has 18 heavy (non-hydrogen) atoms. The van der Waals surface area contributed by atoms with E-state index in [9.17, 15) is 4.79 Å². The van der Waals surface area contributed by atoms with Crippen molar-refractivity contribution in [2.24, 2.45) is 5.92 Å². The quantitative estimate of drug-likeness (QED) is 0.780. The van der Waals surface area contributed by atoms with Gasteiger partial charge in [-0.05, 0) is 36.6 Å². The zero-order chi connectivity index (χ0) is 13.5. The maximum atomic E-state index is 10.5. The van der Waals surface area contributed by atoms with Gasteiger partial charge in [0.2, 0.25) is 0 Å². The van der Waals surface area contributed by atoms with E-state index < -0.39 is 5.97 Å². The van der Waals surface area contributed by atoms with Gasteiger partial charge in [0, 0.05) is 13.0 Å². The van der Waals surface area contributed by atoms with E-state index in [1.807, 2.05) is 26.0 Å². The van der Waals surface area contributed by atoms with Crippen molar-refractivity contribution in [3.8, 4) is 5.75 Å². The highest BCUT2D eigenvalue weighted by molar-refractivity contribution is 5.66. The van der Waals surface area contributed by atoms with Crippen LogP contribution in [0.25, 0.3) is 0 Å². The van der Waals surface area contributed by atoms with Crippen LogP contribution in [0.4, 0.5) is 0 Å². The number of ether oxygens (including phenoxy) is 1. The molecule has 2 N–H and O–H groups in total. The Bertz CT molecular complexity index is 404. The highest BCUT2D eigenvalue weighted by atomic mass is 16.5.